The molecular formula is C10H16N4OS. The van der Waals surface area contributed by atoms with Crippen LogP contribution < -0.4 is 11.3 Å². The van der Waals surface area contributed by atoms with Crippen molar-refractivity contribution in [1.29, 1.82) is 0 Å². The summed E-state index contributed by atoms with van der Waals surface area (Å²) in [5.74, 6) is 5.34. The SMILES string of the molecule is Cc1cc(C)nc(SCC(C)C(=O)NN)n1. The fourth-order valence-corrected chi connectivity index (χ4v) is 2.14. The van der Waals surface area contributed by atoms with Gasteiger partial charge in [0.05, 0.1) is 0 Å². The summed E-state index contributed by atoms with van der Waals surface area (Å²) in [6.07, 6.45) is 0. The Morgan fingerprint density at radius 1 is 1.50 bits per heavy atom. The van der Waals surface area contributed by atoms with Crippen molar-refractivity contribution in [3.05, 3.63) is 17.5 Å². The van der Waals surface area contributed by atoms with E-state index >= 15 is 0 Å². The Hall–Kier alpha value is -1.14. The largest absolute Gasteiger partial charge is 0.294 e. The number of nitrogens with zero attached hydrogens (tertiary/aromatic N) is 2. The van der Waals surface area contributed by atoms with Crippen LogP contribution in [0, 0.1) is 19.8 Å². The van der Waals surface area contributed by atoms with Gasteiger partial charge in [-0.15, -0.1) is 0 Å². The molecule has 0 fully saturated rings. The summed E-state index contributed by atoms with van der Waals surface area (Å²) in [7, 11) is 0. The van der Waals surface area contributed by atoms with Gasteiger partial charge in [0, 0.05) is 23.1 Å². The van der Waals surface area contributed by atoms with Gasteiger partial charge in [0.1, 0.15) is 0 Å². The number of nitrogens with one attached hydrogen (secondary N) is 1. The molecule has 1 atom stereocenters. The molecule has 1 heterocycles. The molecule has 6 heteroatoms. The number of aryl methyl sites for hydroxylation is 2. The van der Waals surface area contributed by atoms with Crippen molar-refractivity contribution < 1.29 is 4.79 Å². The highest BCUT2D eigenvalue weighted by molar-refractivity contribution is 7.99. The lowest BCUT2D eigenvalue weighted by atomic mass is 10.2. The van der Waals surface area contributed by atoms with Crippen LogP contribution in [-0.4, -0.2) is 21.6 Å². The molecule has 0 aliphatic heterocycles. The number of amides is 1. The maximum atomic E-state index is 11.2. The number of rotatable bonds is 4. The summed E-state index contributed by atoms with van der Waals surface area (Å²) in [5, 5.41) is 0.703. The molecule has 0 aliphatic carbocycles. The van der Waals surface area contributed by atoms with Crippen molar-refractivity contribution in [2.45, 2.75) is 25.9 Å². The van der Waals surface area contributed by atoms with Gasteiger partial charge >= 0.3 is 0 Å². The van der Waals surface area contributed by atoms with E-state index < -0.39 is 0 Å². The van der Waals surface area contributed by atoms with Gasteiger partial charge in [-0.1, -0.05) is 18.7 Å². The first kappa shape index (κ1) is 12.9. The van der Waals surface area contributed by atoms with Crippen LogP contribution in [0.25, 0.3) is 0 Å². The molecular weight excluding hydrogens is 224 g/mol. The number of carbonyl (C=O) groups excluding carboxylic acids is 1. The van der Waals surface area contributed by atoms with Gasteiger partial charge in [-0.25, -0.2) is 15.8 Å². The minimum atomic E-state index is -0.170. The lowest BCUT2D eigenvalue weighted by Gasteiger charge is -2.08. The molecule has 0 saturated heterocycles. The molecule has 0 aliphatic rings. The van der Waals surface area contributed by atoms with E-state index in [1.807, 2.05) is 26.8 Å². The van der Waals surface area contributed by atoms with Gasteiger partial charge in [0.2, 0.25) is 5.91 Å². The number of nitrogens with two attached hydrogens (primary N) is 1. The molecule has 0 spiro atoms. The van der Waals surface area contributed by atoms with Crippen molar-refractivity contribution >= 4 is 17.7 Å². The minimum absolute atomic E-state index is 0.153. The van der Waals surface area contributed by atoms with Crippen LogP contribution in [0.15, 0.2) is 11.2 Å². The van der Waals surface area contributed by atoms with Crippen LogP contribution in [0.1, 0.15) is 18.3 Å². The molecule has 1 amide bonds. The lowest BCUT2D eigenvalue weighted by Crippen LogP contribution is -2.35. The van der Waals surface area contributed by atoms with E-state index in [1.165, 1.54) is 11.8 Å². The zero-order valence-corrected chi connectivity index (χ0v) is 10.5. The summed E-state index contributed by atoms with van der Waals surface area (Å²) >= 11 is 1.46. The number of hydrazine groups is 1. The predicted octanol–water partition coefficient (Wildman–Crippen LogP) is 0.812. The van der Waals surface area contributed by atoms with E-state index in [-0.39, 0.29) is 11.8 Å². The molecule has 0 radical (unpaired) electrons. The Balaban J connectivity index is 2.57. The normalized spacial score (nSPS) is 12.2. The van der Waals surface area contributed by atoms with E-state index in [1.54, 1.807) is 0 Å². The number of hydrogen-bond donors (Lipinski definition) is 2. The number of carbonyl (C=O) groups is 1. The smallest absolute Gasteiger partial charge is 0.237 e. The first-order valence-corrected chi connectivity index (χ1v) is 5.97. The third-order valence-electron chi connectivity index (χ3n) is 2.01. The molecule has 0 saturated carbocycles. The maximum Gasteiger partial charge on any atom is 0.237 e. The van der Waals surface area contributed by atoms with Crippen molar-refractivity contribution in [2.75, 3.05) is 5.75 Å². The quantitative estimate of drug-likeness (QED) is 0.268. The van der Waals surface area contributed by atoms with E-state index in [2.05, 4.69) is 15.4 Å². The third kappa shape index (κ3) is 3.79. The van der Waals surface area contributed by atoms with E-state index in [0.29, 0.717) is 10.9 Å². The second-order valence-electron chi connectivity index (χ2n) is 3.65. The van der Waals surface area contributed by atoms with Crippen LogP contribution in [0.5, 0.6) is 0 Å². The van der Waals surface area contributed by atoms with Gasteiger partial charge in [-0.3, -0.25) is 10.2 Å². The average Bonchev–Trinajstić information content (AvgIpc) is 2.23. The van der Waals surface area contributed by atoms with Crippen LogP contribution >= 0.6 is 11.8 Å². The van der Waals surface area contributed by atoms with Gasteiger partial charge in [-0.05, 0) is 19.9 Å². The highest BCUT2D eigenvalue weighted by Gasteiger charge is 2.12. The average molecular weight is 240 g/mol. The van der Waals surface area contributed by atoms with Crippen LogP contribution in [-0.2, 0) is 4.79 Å². The summed E-state index contributed by atoms with van der Waals surface area (Å²) in [5.41, 5.74) is 4.00. The molecule has 16 heavy (non-hydrogen) atoms. The highest BCUT2D eigenvalue weighted by atomic mass is 32.2. The van der Waals surface area contributed by atoms with E-state index in [4.69, 9.17) is 5.84 Å². The molecule has 1 rings (SSSR count). The Morgan fingerprint density at radius 3 is 2.56 bits per heavy atom. The Labute approximate surface area is 99.2 Å². The van der Waals surface area contributed by atoms with Crippen molar-refractivity contribution in [1.82, 2.24) is 15.4 Å². The Kier molecular flexibility index (Phi) is 4.70. The number of aromatic nitrogens is 2. The predicted molar refractivity (Wildman–Crippen MR) is 63.7 cm³/mol. The zero-order chi connectivity index (χ0) is 12.1. The summed E-state index contributed by atoms with van der Waals surface area (Å²) in [6, 6.07) is 1.92. The molecule has 1 aromatic heterocycles. The molecule has 1 unspecified atom stereocenters. The van der Waals surface area contributed by atoms with Gasteiger partial charge in [0.15, 0.2) is 5.16 Å². The maximum absolute atomic E-state index is 11.2. The monoisotopic (exact) mass is 240 g/mol. The fourth-order valence-electron chi connectivity index (χ4n) is 1.18. The van der Waals surface area contributed by atoms with Crippen molar-refractivity contribution in [2.24, 2.45) is 11.8 Å². The summed E-state index contributed by atoms with van der Waals surface area (Å²) in [4.78, 5) is 19.7. The van der Waals surface area contributed by atoms with E-state index in [0.717, 1.165) is 11.4 Å². The van der Waals surface area contributed by atoms with Crippen molar-refractivity contribution in [3.63, 3.8) is 0 Å². The molecule has 1 aromatic rings. The topological polar surface area (TPSA) is 80.9 Å². The number of hydrogen-bond acceptors (Lipinski definition) is 5. The summed E-state index contributed by atoms with van der Waals surface area (Å²) in [6.45, 7) is 5.67. The van der Waals surface area contributed by atoms with E-state index in [9.17, 15) is 4.79 Å². The van der Waals surface area contributed by atoms with Crippen LogP contribution in [0.4, 0.5) is 0 Å². The fraction of sp³-hybridized carbons (Fsp3) is 0.500. The molecule has 0 bridgehead atoms. The first-order valence-electron chi connectivity index (χ1n) is 4.98. The second kappa shape index (κ2) is 5.81. The third-order valence-corrected chi connectivity index (χ3v) is 3.12. The summed E-state index contributed by atoms with van der Waals surface area (Å²) < 4.78 is 0. The molecule has 5 nitrogen and oxygen atoms in total. The molecule has 3 N–H and O–H groups in total. The number of thioether (sulfide) groups is 1. The molecule has 0 aromatic carbocycles. The molecule has 88 valence electrons. The lowest BCUT2D eigenvalue weighted by molar-refractivity contribution is -0.123. The first-order chi connectivity index (χ1) is 7.52. The van der Waals surface area contributed by atoms with Gasteiger partial charge < -0.3 is 0 Å². The second-order valence-corrected chi connectivity index (χ2v) is 4.64. The Morgan fingerprint density at radius 2 is 2.06 bits per heavy atom. The van der Waals surface area contributed by atoms with Crippen LogP contribution in [0.2, 0.25) is 0 Å². The van der Waals surface area contributed by atoms with Crippen LogP contribution in [0.3, 0.4) is 0 Å². The van der Waals surface area contributed by atoms with Gasteiger partial charge in [-0.2, -0.15) is 0 Å². The highest BCUT2D eigenvalue weighted by Crippen LogP contribution is 2.17. The van der Waals surface area contributed by atoms with Gasteiger partial charge in [0.25, 0.3) is 0 Å². The zero-order valence-electron chi connectivity index (χ0n) is 9.65. The minimum Gasteiger partial charge on any atom is -0.294 e. The van der Waals surface area contributed by atoms with Crippen molar-refractivity contribution in [3.8, 4) is 0 Å². The Bertz CT molecular complexity index is 363. The standard InChI is InChI=1S/C10H16N4OS/c1-6(9(15)14-11)5-16-10-12-7(2)4-8(3)13-10/h4,6H,5,11H2,1-3H3,(H,14,15).